The lowest BCUT2D eigenvalue weighted by molar-refractivity contribution is -0.139. The number of carbonyl (C=O) groups is 3. The van der Waals surface area contributed by atoms with E-state index in [0.29, 0.717) is 5.56 Å². The SMILES string of the molecule is CCOC(=O)/C=C/C(=O)OCC(=O)c1cc(C)n([C@@H](C)c2ccccc2)c1C. The Labute approximate surface area is 164 Å². The number of aryl methyl sites for hydroxylation is 1. The first-order valence-electron chi connectivity index (χ1n) is 9.13. The summed E-state index contributed by atoms with van der Waals surface area (Å²) in [5.41, 5.74) is 3.42. The summed E-state index contributed by atoms with van der Waals surface area (Å²) in [6.45, 7) is 7.38. The van der Waals surface area contributed by atoms with E-state index in [1.54, 1.807) is 13.0 Å². The molecule has 0 unspecified atom stereocenters. The predicted octanol–water partition coefficient (Wildman–Crippen LogP) is 3.56. The summed E-state index contributed by atoms with van der Waals surface area (Å²) >= 11 is 0. The van der Waals surface area contributed by atoms with Crippen LogP contribution < -0.4 is 0 Å². The molecular formula is C22H25NO5. The van der Waals surface area contributed by atoms with Gasteiger partial charge in [0.1, 0.15) is 0 Å². The number of carbonyl (C=O) groups excluding carboxylic acids is 3. The zero-order chi connectivity index (χ0) is 20.7. The van der Waals surface area contributed by atoms with Gasteiger partial charge in [-0.15, -0.1) is 0 Å². The lowest BCUT2D eigenvalue weighted by Gasteiger charge is -2.19. The number of nitrogens with zero attached hydrogens (tertiary/aromatic N) is 1. The normalized spacial score (nSPS) is 12.0. The van der Waals surface area contributed by atoms with Gasteiger partial charge in [0.25, 0.3) is 0 Å². The summed E-state index contributed by atoms with van der Waals surface area (Å²) < 4.78 is 11.7. The summed E-state index contributed by atoms with van der Waals surface area (Å²) in [6.07, 6.45) is 1.93. The molecule has 0 fully saturated rings. The number of benzene rings is 1. The van der Waals surface area contributed by atoms with Crippen LogP contribution in [0.5, 0.6) is 0 Å². The molecule has 0 spiro atoms. The molecule has 0 amide bonds. The Bertz CT molecular complexity index is 880. The van der Waals surface area contributed by atoms with Crippen LogP contribution in [0, 0.1) is 13.8 Å². The average Bonchev–Trinajstić information content (AvgIpc) is 2.99. The smallest absolute Gasteiger partial charge is 0.331 e. The number of esters is 2. The number of rotatable bonds is 8. The molecule has 6 heteroatoms. The van der Waals surface area contributed by atoms with Crippen LogP contribution in [0.15, 0.2) is 48.6 Å². The lowest BCUT2D eigenvalue weighted by Crippen LogP contribution is -2.15. The first-order valence-corrected chi connectivity index (χ1v) is 9.13. The van der Waals surface area contributed by atoms with Gasteiger partial charge in [-0.3, -0.25) is 4.79 Å². The van der Waals surface area contributed by atoms with Gasteiger partial charge in [-0.1, -0.05) is 30.3 Å². The third-order valence-corrected chi connectivity index (χ3v) is 4.44. The monoisotopic (exact) mass is 383 g/mol. The maximum atomic E-state index is 12.5. The summed E-state index contributed by atoms with van der Waals surface area (Å²) in [4.78, 5) is 35.4. The largest absolute Gasteiger partial charge is 0.463 e. The number of hydrogen-bond donors (Lipinski definition) is 0. The van der Waals surface area contributed by atoms with Crippen molar-refractivity contribution < 1.29 is 23.9 Å². The Morgan fingerprint density at radius 2 is 1.64 bits per heavy atom. The van der Waals surface area contributed by atoms with Crippen LogP contribution in [0.3, 0.4) is 0 Å². The van der Waals surface area contributed by atoms with Crippen molar-refractivity contribution in [3.05, 3.63) is 71.1 Å². The highest BCUT2D eigenvalue weighted by Crippen LogP contribution is 2.25. The van der Waals surface area contributed by atoms with Crippen molar-refractivity contribution in [2.45, 2.75) is 33.7 Å². The molecule has 1 heterocycles. The molecule has 0 aliphatic heterocycles. The second-order valence-electron chi connectivity index (χ2n) is 6.36. The Hall–Kier alpha value is -3.15. The fraction of sp³-hybridized carbons (Fsp3) is 0.318. The van der Waals surface area contributed by atoms with Gasteiger partial charge in [-0.25, -0.2) is 9.59 Å². The van der Waals surface area contributed by atoms with E-state index in [1.165, 1.54) is 0 Å². The van der Waals surface area contributed by atoms with E-state index in [-0.39, 0.29) is 18.4 Å². The molecule has 0 saturated carbocycles. The van der Waals surface area contributed by atoms with Crippen LogP contribution in [0.4, 0.5) is 0 Å². The molecule has 148 valence electrons. The first-order chi connectivity index (χ1) is 13.3. The van der Waals surface area contributed by atoms with Crippen LogP contribution in [-0.4, -0.2) is 35.5 Å². The summed E-state index contributed by atoms with van der Waals surface area (Å²) in [5.74, 6) is -1.70. The molecule has 0 radical (unpaired) electrons. The van der Waals surface area contributed by atoms with Gasteiger partial charge in [0, 0.05) is 29.1 Å². The number of ketones is 1. The van der Waals surface area contributed by atoms with Crippen molar-refractivity contribution in [1.82, 2.24) is 4.57 Å². The minimum Gasteiger partial charge on any atom is -0.463 e. The molecule has 1 aromatic carbocycles. The van der Waals surface area contributed by atoms with Crippen LogP contribution in [0.2, 0.25) is 0 Å². The minimum atomic E-state index is -0.770. The molecule has 0 aliphatic rings. The second-order valence-corrected chi connectivity index (χ2v) is 6.36. The molecule has 28 heavy (non-hydrogen) atoms. The van der Waals surface area contributed by atoms with Gasteiger partial charge in [0.05, 0.1) is 12.6 Å². The molecule has 0 aliphatic carbocycles. The van der Waals surface area contributed by atoms with Crippen LogP contribution in [0.25, 0.3) is 0 Å². The summed E-state index contributed by atoms with van der Waals surface area (Å²) in [7, 11) is 0. The molecular weight excluding hydrogens is 358 g/mol. The van der Waals surface area contributed by atoms with Gasteiger partial charge in [-0.05, 0) is 39.3 Å². The van der Waals surface area contributed by atoms with Crippen molar-refractivity contribution in [2.24, 2.45) is 0 Å². The fourth-order valence-electron chi connectivity index (χ4n) is 3.12. The molecule has 1 atom stereocenters. The number of hydrogen-bond acceptors (Lipinski definition) is 5. The predicted molar refractivity (Wildman–Crippen MR) is 105 cm³/mol. The van der Waals surface area contributed by atoms with Gasteiger partial charge in [0.15, 0.2) is 6.61 Å². The average molecular weight is 383 g/mol. The van der Waals surface area contributed by atoms with E-state index in [2.05, 4.69) is 16.2 Å². The lowest BCUT2D eigenvalue weighted by atomic mass is 10.1. The van der Waals surface area contributed by atoms with E-state index in [4.69, 9.17) is 4.74 Å². The van der Waals surface area contributed by atoms with Crippen molar-refractivity contribution in [1.29, 1.82) is 0 Å². The number of aromatic nitrogens is 1. The second kappa shape index (κ2) is 9.69. The zero-order valence-corrected chi connectivity index (χ0v) is 16.6. The maximum absolute atomic E-state index is 12.5. The Kier molecular flexibility index (Phi) is 7.32. The van der Waals surface area contributed by atoms with E-state index < -0.39 is 18.5 Å². The summed E-state index contributed by atoms with van der Waals surface area (Å²) in [5, 5.41) is 0. The molecule has 0 N–H and O–H groups in total. The third-order valence-electron chi connectivity index (χ3n) is 4.44. The number of ether oxygens (including phenoxy) is 2. The Balaban J connectivity index is 2.07. The van der Waals surface area contributed by atoms with Gasteiger partial charge in [-0.2, -0.15) is 0 Å². The fourth-order valence-corrected chi connectivity index (χ4v) is 3.12. The first kappa shape index (κ1) is 21.2. The highest BCUT2D eigenvalue weighted by Gasteiger charge is 2.20. The summed E-state index contributed by atoms with van der Waals surface area (Å²) in [6, 6.07) is 11.9. The van der Waals surface area contributed by atoms with Crippen molar-refractivity contribution in [2.75, 3.05) is 13.2 Å². The van der Waals surface area contributed by atoms with Gasteiger partial charge < -0.3 is 14.0 Å². The minimum absolute atomic E-state index is 0.0674. The highest BCUT2D eigenvalue weighted by molar-refractivity contribution is 6.00. The van der Waals surface area contributed by atoms with Gasteiger partial charge >= 0.3 is 11.9 Å². The maximum Gasteiger partial charge on any atom is 0.331 e. The third kappa shape index (κ3) is 5.19. The zero-order valence-electron chi connectivity index (χ0n) is 16.6. The van der Waals surface area contributed by atoms with Crippen molar-refractivity contribution in [3.8, 4) is 0 Å². The molecule has 6 nitrogen and oxygen atoms in total. The Morgan fingerprint density at radius 1 is 1.04 bits per heavy atom. The molecule has 0 bridgehead atoms. The topological polar surface area (TPSA) is 74.6 Å². The van der Waals surface area contributed by atoms with Crippen LogP contribution in [-0.2, 0) is 19.1 Å². The molecule has 2 rings (SSSR count). The molecule has 2 aromatic rings. The van der Waals surface area contributed by atoms with E-state index >= 15 is 0 Å². The molecule has 1 aromatic heterocycles. The van der Waals surface area contributed by atoms with E-state index in [1.807, 2.05) is 44.2 Å². The van der Waals surface area contributed by atoms with E-state index in [0.717, 1.165) is 29.1 Å². The Morgan fingerprint density at radius 3 is 2.25 bits per heavy atom. The highest BCUT2D eigenvalue weighted by atomic mass is 16.5. The van der Waals surface area contributed by atoms with Crippen molar-refractivity contribution >= 4 is 17.7 Å². The van der Waals surface area contributed by atoms with Crippen LogP contribution >= 0.6 is 0 Å². The quantitative estimate of drug-likeness (QED) is 0.396. The number of Topliss-reactive ketones (excluding diaryl/α,β-unsaturated/α-hetero) is 1. The van der Waals surface area contributed by atoms with E-state index in [9.17, 15) is 14.4 Å². The standard InChI is InChI=1S/C22H25NO5/c1-5-27-21(25)11-12-22(26)28-14-20(24)19-13-15(2)23(17(19)4)16(3)18-9-7-6-8-10-18/h6-13,16H,5,14H2,1-4H3/b12-11+/t16-/m0/s1. The van der Waals surface area contributed by atoms with Crippen LogP contribution in [0.1, 0.15) is 47.2 Å². The van der Waals surface area contributed by atoms with Gasteiger partial charge in [0.2, 0.25) is 5.78 Å². The van der Waals surface area contributed by atoms with Crippen molar-refractivity contribution in [3.63, 3.8) is 0 Å². The molecule has 0 saturated heterocycles.